The molecule has 0 bridgehead atoms. The van der Waals surface area contributed by atoms with Gasteiger partial charge in [-0.2, -0.15) is 0 Å². The molecule has 82 valence electrons. The summed E-state index contributed by atoms with van der Waals surface area (Å²) in [6.07, 6.45) is 2.26. The van der Waals surface area contributed by atoms with Gasteiger partial charge in [0.15, 0.2) is 0 Å². The van der Waals surface area contributed by atoms with Crippen molar-refractivity contribution in [2.24, 2.45) is 5.92 Å². The Morgan fingerprint density at radius 3 is 3.00 bits per heavy atom. The zero-order chi connectivity index (χ0) is 11.3. The molecular formula is C14H13FO. The molecule has 1 atom stereocenters. The first-order chi connectivity index (χ1) is 7.65. The zero-order valence-electron chi connectivity index (χ0n) is 9.38. The van der Waals surface area contributed by atoms with E-state index in [0.717, 1.165) is 28.5 Å². The van der Waals surface area contributed by atoms with Crippen molar-refractivity contribution in [3.63, 3.8) is 0 Å². The molecule has 0 spiro atoms. The van der Waals surface area contributed by atoms with E-state index in [0.29, 0.717) is 5.76 Å². The summed E-state index contributed by atoms with van der Waals surface area (Å²) in [4.78, 5) is 0. The van der Waals surface area contributed by atoms with Crippen molar-refractivity contribution < 1.29 is 8.81 Å². The molecule has 2 aromatic rings. The number of fused-ring (bicyclic) bond motifs is 3. The lowest BCUT2D eigenvalue weighted by molar-refractivity contribution is 0.479. The molecule has 1 aliphatic rings. The van der Waals surface area contributed by atoms with Gasteiger partial charge in [-0.25, -0.2) is 4.39 Å². The quantitative estimate of drug-likeness (QED) is 0.641. The third kappa shape index (κ3) is 1.29. The van der Waals surface area contributed by atoms with Crippen LogP contribution in [0.3, 0.4) is 0 Å². The van der Waals surface area contributed by atoms with Crippen LogP contribution in [0.4, 0.5) is 4.39 Å². The van der Waals surface area contributed by atoms with Gasteiger partial charge in [-0.3, -0.25) is 0 Å². The Labute approximate surface area is 93.6 Å². The summed E-state index contributed by atoms with van der Waals surface area (Å²) in [7, 11) is 0. The van der Waals surface area contributed by atoms with Gasteiger partial charge in [0, 0.05) is 22.9 Å². The summed E-state index contributed by atoms with van der Waals surface area (Å²) in [5, 5.41) is 1.12. The summed E-state index contributed by atoms with van der Waals surface area (Å²) >= 11 is 0. The number of hydrogen-bond acceptors (Lipinski definition) is 1. The van der Waals surface area contributed by atoms with Crippen molar-refractivity contribution in [2.45, 2.75) is 20.3 Å². The van der Waals surface area contributed by atoms with Crippen LogP contribution in [-0.2, 0) is 6.42 Å². The number of furan rings is 1. The molecule has 0 saturated carbocycles. The van der Waals surface area contributed by atoms with Crippen LogP contribution in [0.5, 0.6) is 0 Å². The maximum atomic E-state index is 13.5. The number of aryl methyl sites for hydroxylation is 1. The summed E-state index contributed by atoms with van der Waals surface area (Å²) in [6.45, 7) is 3.93. The van der Waals surface area contributed by atoms with E-state index >= 15 is 0 Å². The summed E-state index contributed by atoms with van der Waals surface area (Å²) in [5.74, 6) is 0.578. The standard InChI is InChI=1S/C14H13FO/c1-8-3-4-10-11-6-9(2)12(15)7-14(11)16-13(10)5-8/h3-5,7,9H,6H2,1-2H3. The van der Waals surface area contributed by atoms with Crippen LogP contribution in [-0.4, -0.2) is 0 Å². The number of hydrogen-bond donors (Lipinski definition) is 0. The number of allylic oxidation sites excluding steroid dienone is 1. The summed E-state index contributed by atoms with van der Waals surface area (Å²) < 4.78 is 19.1. The predicted octanol–water partition coefficient (Wildman–Crippen LogP) is 4.24. The fraction of sp³-hybridized carbons (Fsp3) is 0.286. The van der Waals surface area contributed by atoms with Crippen LogP contribution < -0.4 is 0 Å². The van der Waals surface area contributed by atoms with E-state index in [9.17, 15) is 4.39 Å². The van der Waals surface area contributed by atoms with Gasteiger partial charge < -0.3 is 4.42 Å². The third-order valence-corrected chi connectivity index (χ3v) is 3.23. The molecule has 1 nitrogen and oxygen atoms in total. The molecular weight excluding hydrogens is 203 g/mol. The summed E-state index contributed by atoms with van der Waals surface area (Å²) in [6, 6.07) is 6.14. The lowest BCUT2D eigenvalue weighted by Crippen LogP contribution is -2.05. The largest absolute Gasteiger partial charge is 0.456 e. The first-order valence-corrected chi connectivity index (χ1v) is 5.54. The van der Waals surface area contributed by atoms with Crippen molar-refractivity contribution in [3.05, 3.63) is 40.9 Å². The lowest BCUT2D eigenvalue weighted by Gasteiger charge is -2.13. The SMILES string of the molecule is Cc1ccc2c3c(oc2c1)C=C(F)C(C)C3. The van der Waals surface area contributed by atoms with Crippen LogP contribution in [0.15, 0.2) is 28.4 Å². The first kappa shape index (κ1) is 9.64. The molecule has 1 unspecified atom stereocenters. The molecule has 0 amide bonds. The minimum Gasteiger partial charge on any atom is -0.456 e. The number of halogens is 1. The van der Waals surface area contributed by atoms with Crippen LogP contribution in [0, 0.1) is 12.8 Å². The Morgan fingerprint density at radius 2 is 2.19 bits per heavy atom. The smallest absolute Gasteiger partial charge is 0.135 e. The molecule has 0 aliphatic heterocycles. The molecule has 1 aliphatic carbocycles. The van der Waals surface area contributed by atoms with Gasteiger partial charge in [-0.1, -0.05) is 19.1 Å². The summed E-state index contributed by atoms with van der Waals surface area (Å²) in [5.41, 5.74) is 3.17. The van der Waals surface area contributed by atoms with E-state index < -0.39 is 0 Å². The normalized spacial score (nSPS) is 19.7. The van der Waals surface area contributed by atoms with Crippen molar-refractivity contribution in [1.82, 2.24) is 0 Å². The van der Waals surface area contributed by atoms with Crippen LogP contribution in [0.25, 0.3) is 17.0 Å². The highest BCUT2D eigenvalue weighted by Gasteiger charge is 2.23. The third-order valence-electron chi connectivity index (χ3n) is 3.23. The fourth-order valence-electron chi connectivity index (χ4n) is 2.27. The van der Waals surface area contributed by atoms with Gasteiger partial charge in [0.05, 0.1) is 0 Å². The zero-order valence-corrected chi connectivity index (χ0v) is 9.38. The maximum Gasteiger partial charge on any atom is 0.135 e. The minimum absolute atomic E-state index is 0.0328. The molecule has 1 aromatic heterocycles. The molecule has 2 heteroatoms. The van der Waals surface area contributed by atoms with Gasteiger partial charge in [0.2, 0.25) is 0 Å². The van der Waals surface area contributed by atoms with E-state index in [1.54, 1.807) is 0 Å². The molecule has 0 fully saturated rings. The Balaban J connectivity index is 2.29. The topological polar surface area (TPSA) is 13.1 Å². The molecule has 1 heterocycles. The Morgan fingerprint density at radius 1 is 1.38 bits per heavy atom. The van der Waals surface area contributed by atoms with Gasteiger partial charge >= 0.3 is 0 Å². The Hall–Kier alpha value is -1.57. The van der Waals surface area contributed by atoms with Crippen molar-refractivity contribution >= 4 is 17.0 Å². The minimum atomic E-state index is -0.0803. The molecule has 0 radical (unpaired) electrons. The van der Waals surface area contributed by atoms with E-state index in [1.165, 1.54) is 6.08 Å². The maximum absolute atomic E-state index is 13.5. The highest BCUT2D eigenvalue weighted by atomic mass is 19.1. The van der Waals surface area contributed by atoms with Crippen molar-refractivity contribution in [1.29, 1.82) is 0 Å². The highest BCUT2D eigenvalue weighted by molar-refractivity contribution is 5.86. The van der Waals surface area contributed by atoms with E-state index in [2.05, 4.69) is 12.1 Å². The molecule has 0 saturated heterocycles. The first-order valence-electron chi connectivity index (χ1n) is 5.54. The molecule has 0 N–H and O–H groups in total. The molecule has 1 aromatic carbocycles. The van der Waals surface area contributed by atoms with E-state index in [4.69, 9.17) is 4.42 Å². The van der Waals surface area contributed by atoms with Crippen LogP contribution >= 0.6 is 0 Å². The lowest BCUT2D eigenvalue weighted by atomic mass is 9.92. The number of rotatable bonds is 0. The second-order valence-corrected chi connectivity index (χ2v) is 4.58. The van der Waals surface area contributed by atoms with Gasteiger partial charge in [0.25, 0.3) is 0 Å². The van der Waals surface area contributed by atoms with Crippen LogP contribution in [0.2, 0.25) is 0 Å². The second kappa shape index (κ2) is 3.21. The average Bonchev–Trinajstić information content (AvgIpc) is 2.55. The average molecular weight is 216 g/mol. The van der Waals surface area contributed by atoms with Crippen LogP contribution in [0.1, 0.15) is 23.8 Å². The van der Waals surface area contributed by atoms with E-state index in [-0.39, 0.29) is 11.7 Å². The Kier molecular flexibility index (Phi) is 1.93. The van der Waals surface area contributed by atoms with Gasteiger partial charge in [-0.05, 0) is 25.0 Å². The Bertz CT molecular complexity index is 592. The van der Waals surface area contributed by atoms with Gasteiger partial charge in [-0.15, -0.1) is 0 Å². The monoisotopic (exact) mass is 216 g/mol. The molecule has 16 heavy (non-hydrogen) atoms. The van der Waals surface area contributed by atoms with E-state index in [1.807, 2.05) is 19.9 Å². The van der Waals surface area contributed by atoms with Gasteiger partial charge in [0.1, 0.15) is 17.2 Å². The van der Waals surface area contributed by atoms with Crippen molar-refractivity contribution in [3.8, 4) is 0 Å². The van der Waals surface area contributed by atoms with Crippen molar-refractivity contribution in [2.75, 3.05) is 0 Å². The fourth-order valence-corrected chi connectivity index (χ4v) is 2.27. The molecule has 3 rings (SSSR count). The number of benzene rings is 1. The second-order valence-electron chi connectivity index (χ2n) is 4.58. The predicted molar refractivity (Wildman–Crippen MR) is 62.9 cm³/mol. The highest BCUT2D eigenvalue weighted by Crippen LogP contribution is 2.36.